The molecule has 5 nitrogen and oxygen atoms in total. The van der Waals surface area contributed by atoms with Crippen LogP contribution in [0.2, 0.25) is 0 Å². The molecule has 0 amide bonds. The summed E-state index contributed by atoms with van der Waals surface area (Å²) in [7, 11) is 0. The van der Waals surface area contributed by atoms with E-state index in [-0.39, 0.29) is 5.75 Å². The van der Waals surface area contributed by atoms with E-state index in [1.165, 1.54) is 5.56 Å². The standard InChI is InChI=1S/C20H18N4O/c1-13-7-8-16(14(2)11-13)22-20-19(15-5-3-4-6-17(15)25)23-18-12-21-9-10-24(18)20/h3-12,22,25H,1-2H3. The number of benzene rings is 2. The lowest BCUT2D eigenvalue weighted by Crippen LogP contribution is -1.99. The molecule has 4 aromatic rings. The number of aromatic nitrogens is 3. The van der Waals surface area contributed by atoms with Gasteiger partial charge in [-0.15, -0.1) is 0 Å². The molecule has 0 aliphatic carbocycles. The number of anilines is 2. The van der Waals surface area contributed by atoms with Crippen LogP contribution >= 0.6 is 0 Å². The van der Waals surface area contributed by atoms with E-state index >= 15 is 0 Å². The highest BCUT2D eigenvalue weighted by molar-refractivity contribution is 5.82. The zero-order valence-corrected chi connectivity index (χ0v) is 14.1. The summed E-state index contributed by atoms with van der Waals surface area (Å²) in [6, 6.07) is 13.5. The van der Waals surface area contributed by atoms with Gasteiger partial charge in [-0.25, -0.2) is 4.98 Å². The Morgan fingerprint density at radius 2 is 1.92 bits per heavy atom. The third kappa shape index (κ3) is 2.70. The van der Waals surface area contributed by atoms with Gasteiger partial charge in [0.1, 0.15) is 17.3 Å². The third-order valence-corrected chi connectivity index (χ3v) is 4.22. The number of imidazole rings is 1. The smallest absolute Gasteiger partial charge is 0.157 e. The van der Waals surface area contributed by atoms with Crippen LogP contribution in [-0.2, 0) is 0 Å². The Labute approximate surface area is 145 Å². The van der Waals surface area contributed by atoms with Gasteiger partial charge in [0, 0.05) is 23.6 Å². The molecule has 0 bridgehead atoms. The number of para-hydroxylation sites is 1. The minimum Gasteiger partial charge on any atom is -0.507 e. The number of phenolic OH excluding ortho intramolecular Hbond substituents is 1. The van der Waals surface area contributed by atoms with Gasteiger partial charge in [0.15, 0.2) is 5.65 Å². The average molecular weight is 330 g/mol. The Morgan fingerprint density at radius 1 is 1.08 bits per heavy atom. The molecule has 0 saturated heterocycles. The second-order valence-corrected chi connectivity index (χ2v) is 6.07. The summed E-state index contributed by atoms with van der Waals surface area (Å²) in [5.41, 5.74) is 5.44. The van der Waals surface area contributed by atoms with E-state index in [2.05, 4.69) is 47.3 Å². The molecule has 0 radical (unpaired) electrons. The highest BCUT2D eigenvalue weighted by atomic mass is 16.3. The lowest BCUT2D eigenvalue weighted by molar-refractivity contribution is 0.477. The lowest BCUT2D eigenvalue weighted by Gasteiger charge is -2.12. The van der Waals surface area contributed by atoms with Crippen molar-refractivity contribution in [3.05, 3.63) is 72.2 Å². The zero-order chi connectivity index (χ0) is 17.4. The summed E-state index contributed by atoms with van der Waals surface area (Å²) < 4.78 is 1.94. The fraction of sp³-hybridized carbons (Fsp3) is 0.100. The Balaban J connectivity index is 1.92. The maximum absolute atomic E-state index is 10.3. The van der Waals surface area contributed by atoms with Crippen LogP contribution in [0.5, 0.6) is 5.75 Å². The summed E-state index contributed by atoms with van der Waals surface area (Å²) in [6.07, 6.45) is 5.28. The number of aryl methyl sites for hydroxylation is 2. The Hall–Kier alpha value is -3.34. The molecule has 0 aliphatic heterocycles. The molecule has 4 rings (SSSR count). The molecule has 0 unspecified atom stereocenters. The quantitative estimate of drug-likeness (QED) is 0.582. The number of aromatic hydroxyl groups is 1. The first-order valence-electron chi connectivity index (χ1n) is 8.08. The van der Waals surface area contributed by atoms with Crippen LogP contribution in [0.15, 0.2) is 61.1 Å². The summed E-state index contributed by atoms with van der Waals surface area (Å²) in [4.78, 5) is 8.81. The molecule has 0 atom stereocenters. The van der Waals surface area contributed by atoms with Crippen molar-refractivity contribution in [2.75, 3.05) is 5.32 Å². The van der Waals surface area contributed by atoms with Gasteiger partial charge in [0.25, 0.3) is 0 Å². The topological polar surface area (TPSA) is 62.5 Å². The number of nitrogens with one attached hydrogen (secondary N) is 1. The molecule has 0 spiro atoms. The molecule has 25 heavy (non-hydrogen) atoms. The van der Waals surface area contributed by atoms with E-state index in [1.54, 1.807) is 24.5 Å². The highest BCUT2D eigenvalue weighted by Crippen LogP contribution is 2.36. The average Bonchev–Trinajstić information content (AvgIpc) is 2.96. The van der Waals surface area contributed by atoms with Crippen LogP contribution in [-0.4, -0.2) is 19.5 Å². The van der Waals surface area contributed by atoms with Crippen LogP contribution in [0.1, 0.15) is 11.1 Å². The second-order valence-electron chi connectivity index (χ2n) is 6.07. The molecule has 2 aromatic carbocycles. The molecular formula is C20H18N4O. The van der Waals surface area contributed by atoms with Crippen molar-refractivity contribution in [1.29, 1.82) is 0 Å². The van der Waals surface area contributed by atoms with Crippen molar-refractivity contribution in [3.8, 4) is 17.0 Å². The summed E-state index contributed by atoms with van der Waals surface area (Å²) in [5.74, 6) is 0.994. The Kier molecular flexibility index (Phi) is 3.61. The van der Waals surface area contributed by atoms with E-state index in [0.29, 0.717) is 16.9 Å². The molecule has 5 heteroatoms. The minimum atomic E-state index is 0.197. The lowest BCUT2D eigenvalue weighted by atomic mass is 10.1. The van der Waals surface area contributed by atoms with Crippen molar-refractivity contribution < 1.29 is 5.11 Å². The van der Waals surface area contributed by atoms with Crippen LogP contribution in [0, 0.1) is 13.8 Å². The monoisotopic (exact) mass is 330 g/mol. The van der Waals surface area contributed by atoms with Gasteiger partial charge in [-0.2, -0.15) is 0 Å². The molecule has 0 saturated carbocycles. The number of nitrogens with zero attached hydrogens (tertiary/aromatic N) is 3. The largest absolute Gasteiger partial charge is 0.507 e. The fourth-order valence-electron chi connectivity index (χ4n) is 2.97. The molecule has 2 N–H and O–H groups in total. The predicted molar refractivity (Wildman–Crippen MR) is 99.3 cm³/mol. The summed E-state index contributed by atoms with van der Waals surface area (Å²) >= 11 is 0. The van der Waals surface area contributed by atoms with Gasteiger partial charge in [0.2, 0.25) is 0 Å². The van der Waals surface area contributed by atoms with Crippen LogP contribution < -0.4 is 5.32 Å². The van der Waals surface area contributed by atoms with Gasteiger partial charge in [-0.1, -0.05) is 29.8 Å². The van der Waals surface area contributed by atoms with Crippen molar-refractivity contribution in [2.45, 2.75) is 13.8 Å². The maximum atomic E-state index is 10.3. The number of fused-ring (bicyclic) bond motifs is 1. The predicted octanol–water partition coefficient (Wildman–Crippen LogP) is 4.46. The van der Waals surface area contributed by atoms with E-state index in [9.17, 15) is 5.11 Å². The molecule has 0 aliphatic rings. The zero-order valence-electron chi connectivity index (χ0n) is 14.1. The maximum Gasteiger partial charge on any atom is 0.157 e. The first kappa shape index (κ1) is 15.2. The highest BCUT2D eigenvalue weighted by Gasteiger charge is 2.17. The summed E-state index contributed by atoms with van der Waals surface area (Å²) in [6.45, 7) is 4.14. The second kappa shape index (κ2) is 5.94. The molecular weight excluding hydrogens is 312 g/mol. The number of hydrogen-bond acceptors (Lipinski definition) is 4. The first-order chi connectivity index (χ1) is 12.1. The van der Waals surface area contributed by atoms with Gasteiger partial charge < -0.3 is 10.4 Å². The van der Waals surface area contributed by atoms with E-state index in [0.717, 1.165) is 17.1 Å². The van der Waals surface area contributed by atoms with Gasteiger partial charge in [-0.05, 0) is 37.6 Å². The molecule has 2 heterocycles. The van der Waals surface area contributed by atoms with Gasteiger partial charge in [0.05, 0.1) is 6.20 Å². The minimum absolute atomic E-state index is 0.197. The van der Waals surface area contributed by atoms with Gasteiger partial charge >= 0.3 is 0 Å². The molecule has 2 aromatic heterocycles. The van der Waals surface area contributed by atoms with Crippen molar-refractivity contribution in [3.63, 3.8) is 0 Å². The number of phenols is 1. The Morgan fingerprint density at radius 3 is 2.72 bits per heavy atom. The number of rotatable bonds is 3. The van der Waals surface area contributed by atoms with E-state index < -0.39 is 0 Å². The molecule has 0 fully saturated rings. The summed E-state index contributed by atoms with van der Waals surface area (Å²) in [5, 5.41) is 13.8. The van der Waals surface area contributed by atoms with Crippen LogP contribution in [0.25, 0.3) is 16.9 Å². The van der Waals surface area contributed by atoms with Crippen molar-refractivity contribution in [1.82, 2.24) is 14.4 Å². The normalized spacial score (nSPS) is 11.0. The third-order valence-electron chi connectivity index (χ3n) is 4.22. The van der Waals surface area contributed by atoms with E-state index in [1.807, 2.05) is 22.7 Å². The first-order valence-corrected chi connectivity index (χ1v) is 8.08. The SMILES string of the molecule is Cc1ccc(Nc2c(-c3ccccc3O)nc3cnccn23)c(C)c1. The van der Waals surface area contributed by atoms with Crippen molar-refractivity contribution in [2.24, 2.45) is 0 Å². The molecule has 124 valence electrons. The van der Waals surface area contributed by atoms with Crippen molar-refractivity contribution >= 4 is 17.2 Å². The van der Waals surface area contributed by atoms with Gasteiger partial charge in [-0.3, -0.25) is 9.38 Å². The fourth-order valence-corrected chi connectivity index (χ4v) is 2.97. The number of hydrogen-bond donors (Lipinski definition) is 2. The Bertz CT molecular complexity index is 1070. The van der Waals surface area contributed by atoms with Crippen LogP contribution in [0.3, 0.4) is 0 Å². The van der Waals surface area contributed by atoms with E-state index in [4.69, 9.17) is 0 Å². The van der Waals surface area contributed by atoms with Crippen LogP contribution in [0.4, 0.5) is 11.5 Å².